The number of nitrogens with zero attached hydrogens (tertiary/aromatic N) is 2. The molecule has 1 saturated heterocycles. The first-order chi connectivity index (χ1) is 13.9. The van der Waals surface area contributed by atoms with Crippen molar-refractivity contribution in [1.82, 2.24) is 14.9 Å². The number of likely N-dealkylation sites (tertiary alicyclic amines) is 1. The quantitative estimate of drug-likeness (QED) is 0.485. The number of halogens is 1. The molecule has 1 N–H and O–H groups in total. The number of thioether (sulfide) groups is 1. The molecule has 0 unspecified atom stereocenters. The highest BCUT2D eigenvalue weighted by Gasteiger charge is 2.23. The van der Waals surface area contributed by atoms with Crippen molar-refractivity contribution in [2.75, 3.05) is 12.3 Å². The smallest absolute Gasteiger partial charge is 0.260 e. The lowest BCUT2D eigenvalue weighted by molar-refractivity contribution is -0.131. The van der Waals surface area contributed by atoms with Crippen molar-refractivity contribution >= 4 is 39.2 Å². The lowest BCUT2D eigenvalue weighted by atomic mass is 10.0. The maximum atomic E-state index is 13.3. The summed E-state index contributed by atoms with van der Waals surface area (Å²) in [5.74, 6) is 0.0252. The third-order valence-corrected chi connectivity index (χ3v) is 7.16. The highest BCUT2D eigenvalue weighted by atomic mass is 32.2. The van der Waals surface area contributed by atoms with E-state index in [9.17, 15) is 14.0 Å². The molecule has 152 valence electrons. The third-order valence-electron chi connectivity index (χ3n) is 5.30. The number of hydrogen-bond acceptors (Lipinski definition) is 5. The fraction of sp³-hybridized carbons (Fsp3) is 0.381. The van der Waals surface area contributed by atoms with E-state index in [1.54, 1.807) is 12.1 Å². The normalized spacial score (nSPS) is 17.1. The van der Waals surface area contributed by atoms with Gasteiger partial charge in [-0.25, -0.2) is 9.37 Å². The van der Waals surface area contributed by atoms with Crippen LogP contribution in [0.15, 0.2) is 34.2 Å². The van der Waals surface area contributed by atoms with Gasteiger partial charge in [-0.15, -0.1) is 11.3 Å². The predicted molar refractivity (Wildman–Crippen MR) is 116 cm³/mol. The molecule has 2 aromatic heterocycles. The molecule has 1 aliphatic heterocycles. The number of aryl methyl sites for hydroxylation is 1. The molecule has 3 aromatic rings. The van der Waals surface area contributed by atoms with Gasteiger partial charge in [-0.3, -0.25) is 9.59 Å². The summed E-state index contributed by atoms with van der Waals surface area (Å²) in [6, 6.07) is 6.38. The lowest BCUT2D eigenvalue weighted by Gasteiger charge is -2.33. The Morgan fingerprint density at radius 2 is 2.10 bits per heavy atom. The van der Waals surface area contributed by atoms with Crippen LogP contribution in [0.3, 0.4) is 0 Å². The Bertz CT molecular complexity index is 1110. The molecule has 1 aliphatic rings. The first kappa shape index (κ1) is 20.1. The van der Waals surface area contributed by atoms with Crippen molar-refractivity contribution in [2.24, 2.45) is 0 Å². The summed E-state index contributed by atoms with van der Waals surface area (Å²) >= 11 is 2.70. The van der Waals surface area contributed by atoms with Crippen molar-refractivity contribution in [3.63, 3.8) is 0 Å². The number of benzene rings is 1. The zero-order valence-corrected chi connectivity index (χ0v) is 18.0. The average Bonchev–Trinajstić information content (AvgIpc) is 3.03. The minimum Gasteiger partial charge on any atom is -0.339 e. The van der Waals surface area contributed by atoms with Crippen LogP contribution in [0.5, 0.6) is 0 Å². The van der Waals surface area contributed by atoms with Crippen LogP contribution in [0.1, 0.15) is 31.1 Å². The number of rotatable bonds is 4. The first-order valence-electron chi connectivity index (χ1n) is 9.65. The number of piperidine rings is 1. The zero-order chi connectivity index (χ0) is 20.5. The van der Waals surface area contributed by atoms with Gasteiger partial charge in [0.15, 0.2) is 5.16 Å². The van der Waals surface area contributed by atoms with Crippen molar-refractivity contribution in [1.29, 1.82) is 0 Å². The number of carbonyl (C=O) groups is 1. The van der Waals surface area contributed by atoms with Crippen LogP contribution in [0, 0.1) is 12.7 Å². The summed E-state index contributed by atoms with van der Waals surface area (Å²) in [7, 11) is 0. The van der Waals surface area contributed by atoms with Gasteiger partial charge in [-0.05, 0) is 50.8 Å². The molecule has 1 aromatic carbocycles. The van der Waals surface area contributed by atoms with E-state index >= 15 is 0 Å². The standard InChI is InChI=1S/C21H22FN3O2S2/c1-12-5-3-4-10-25(12)16(26)11-28-21-23-19(27)18-17(13(2)29-20(18)24-21)14-6-8-15(22)9-7-14/h6-9,12H,3-5,10-11H2,1-2H3,(H,23,24,27)/t12-/m1/s1. The van der Waals surface area contributed by atoms with Gasteiger partial charge in [0.2, 0.25) is 5.91 Å². The van der Waals surface area contributed by atoms with Crippen LogP contribution >= 0.6 is 23.1 Å². The summed E-state index contributed by atoms with van der Waals surface area (Å²) in [4.78, 5) is 36.3. The molecule has 1 fully saturated rings. The number of thiophene rings is 1. The molecule has 0 aliphatic carbocycles. The molecule has 0 spiro atoms. The van der Waals surface area contributed by atoms with Crippen LogP contribution in [0.25, 0.3) is 21.3 Å². The zero-order valence-electron chi connectivity index (χ0n) is 16.3. The molecule has 1 atom stereocenters. The molecular weight excluding hydrogens is 409 g/mol. The fourth-order valence-corrected chi connectivity index (χ4v) is 5.66. The van der Waals surface area contributed by atoms with Crippen LogP contribution in [0.2, 0.25) is 0 Å². The number of amides is 1. The van der Waals surface area contributed by atoms with E-state index in [1.165, 1.54) is 35.2 Å². The van der Waals surface area contributed by atoms with Gasteiger partial charge in [0.05, 0.1) is 11.1 Å². The van der Waals surface area contributed by atoms with E-state index in [4.69, 9.17) is 0 Å². The average molecular weight is 432 g/mol. The van der Waals surface area contributed by atoms with E-state index in [-0.39, 0.29) is 29.1 Å². The minimum atomic E-state index is -0.315. The molecule has 0 saturated carbocycles. The second kappa shape index (κ2) is 8.28. The van der Waals surface area contributed by atoms with Crippen molar-refractivity contribution < 1.29 is 9.18 Å². The number of hydrogen-bond donors (Lipinski definition) is 1. The Labute approximate surface area is 176 Å². The number of aromatic nitrogens is 2. The van der Waals surface area contributed by atoms with Gasteiger partial charge in [0.25, 0.3) is 5.56 Å². The predicted octanol–water partition coefficient (Wildman–Crippen LogP) is 4.59. The van der Waals surface area contributed by atoms with Gasteiger partial charge in [-0.1, -0.05) is 23.9 Å². The van der Waals surface area contributed by atoms with E-state index in [0.717, 1.165) is 41.8 Å². The summed E-state index contributed by atoms with van der Waals surface area (Å²) in [6.45, 7) is 4.81. The van der Waals surface area contributed by atoms with Crippen LogP contribution in [0.4, 0.5) is 4.39 Å². The summed E-state index contributed by atoms with van der Waals surface area (Å²) in [6.07, 6.45) is 3.25. The van der Waals surface area contributed by atoms with E-state index < -0.39 is 0 Å². The minimum absolute atomic E-state index is 0.0827. The maximum absolute atomic E-state index is 13.3. The molecule has 4 rings (SSSR count). The van der Waals surface area contributed by atoms with Crippen molar-refractivity contribution in [3.05, 3.63) is 45.3 Å². The Balaban J connectivity index is 1.59. The molecule has 8 heteroatoms. The Morgan fingerprint density at radius 1 is 1.34 bits per heavy atom. The number of aromatic amines is 1. The second-order valence-corrected chi connectivity index (χ2v) is 9.48. The molecule has 0 radical (unpaired) electrons. The first-order valence-corrected chi connectivity index (χ1v) is 11.5. The topological polar surface area (TPSA) is 66.1 Å². The van der Waals surface area contributed by atoms with E-state index in [0.29, 0.717) is 15.4 Å². The van der Waals surface area contributed by atoms with Gasteiger partial charge < -0.3 is 9.88 Å². The number of fused-ring (bicyclic) bond motifs is 1. The molecule has 0 bridgehead atoms. The maximum Gasteiger partial charge on any atom is 0.260 e. The number of nitrogens with one attached hydrogen (secondary N) is 1. The molecular formula is C21H22FN3O2S2. The van der Waals surface area contributed by atoms with Crippen LogP contribution in [-0.4, -0.2) is 39.1 Å². The summed E-state index contributed by atoms with van der Waals surface area (Å²) in [5.41, 5.74) is 1.34. The molecule has 5 nitrogen and oxygen atoms in total. The molecule has 3 heterocycles. The fourth-order valence-electron chi connectivity index (χ4n) is 3.81. The number of H-pyrrole nitrogens is 1. The Morgan fingerprint density at radius 3 is 2.83 bits per heavy atom. The largest absolute Gasteiger partial charge is 0.339 e. The van der Waals surface area contributed by atoms with Crippen LogP contribution in [-0.2, 0) is 4.79 Å². The van der Waals surface area contributed by atoms with Crippen molar-refractivity contribution in [2.45, 2.75) is 44.3 Å². The second-order valence-electron chi connectivity index (χ2n) is 7.31. The van der Waals surface area contributed by atoms with E-state index in [1.807, 2.05) is 11.8 Å². The summed E-state index contributed by atoms with van der Waals surface area (Å²) in [5, 5.41) is 0.965. The van der Waals surface area contributed by atoms with Gasteiger partial charge in [0, 0.05) is 23.0 Å². The molecule has 29 heavy (non-hydrogen) atoms. The Hall–Kier alpha value is -2.19. The Kier molecular flexibility index (Phi) is 5.74. The highest BCUT2D eigenvalue weighted by molar-refractivity contribution is 7.99. The summed E-state index contributed by atoms with van der Waals surface area (Å²) < 4.78 is 13.3. The van der Waals surface area contributed by atoms with Crippen LogP contribution < -0.4 is 5.56 Å². The lowest BCUT2D eigenvalue weighted by Crippen LogP contribution is -2.43. The number of carbonyl (C=O) groups excluding carboxylic acids is 1. The van der Waals surface area contributed by atoms with E-state index in [2.05, 4.69) is 16.9 Å². The highest BCUT2D eigenvalue weighted by Crippen LogP contribution is 2.36. The molecule has 1 amide bonds. The van der Waals surface area contributed by atoms with Crippen molar-refractivity contribution in [3.8, 4) is 11.1 Å². The monoisotopic (exact) mass is 431 g/mol. The van der Waals surface area contributed by atoms with Gasteiger partial charge >= 0.3 is 0 Å². The SMILES string of the molecule is Cc1sc2nc(SCC(=O)N3CCCC[C@H]3C)[nH]c(=O)c2c1-c1ccc(F)cc1. The third kappa shape index (κ3) is 4.09. The van der Waals surface area contributed by atoms with Gasteiger partial charge in [0.1, 0.15) is 10.6 Å². The van der Waals surface area contributed by atoms with Gasteiger partial charge in [-0.2, -0.15) is 0 Å².